The van der Waals surface area contributed by atoms with Crippen LogP contribution in [0.3, 0.4) is 0 Å². The predicted molar refractivity (Wildman–Crippen MR) is 113 cm³/mol. The molecule has 0 aromatic heterocycles. The molecule has 0 amide bonds. The van der Waals surface area contributed by atoms with Gasteiger partial charge in [0.25, 0.3) is 5.69 Å². The van der Waals surface area contributed by atoms with Crippen molar-refractivity contribution in [3.05, 3.63) is 67.3 Å². The molecule has 2 aromatic carbocycles. The molecule has 0 saturated carbocycles. The Morgan fingerprint density at radius 1 is 1.13 bits per heavy atom. The van der Waals surface area contributed by atoms with Gasteiger partial charge < -0.3 is 14.2 Å². The standard InChI is InChI=1S/C20H16Cl2N2O6/c1-3-28-17-9-11(7-15(22)18(17)29-4-2)8-16-20(25)30-19(23-16)13-10-12(24(26)27)5-6-14(13)21/h5-10H,3-4H2,1-2H3/b16-8-. The summed E-state index contributed by atoms with van der Waals surface area (Å²) in [5.74, 6) is -0.0155. The Labute approximate surface area is 181 Å². The summed E-state index contributed by atoms with van der Waals surface area (Å²) in [5, 5.41) is 11.5. The number of hydrogen-bond acceptors (Lipinski definition) is 7. The summed E-state index contributed by atoms with van der Waals surface area (Å²) in [6, 6.07) is 7.04. The summed E-state index contributed by atoms with van der Waals surface area (Å²) >= 11 is 12.4. The zero-order chi connectivity index (χ0) is 21.8. The van der Waals surface area contributed by atoms with Gasteiger partial charge in [0.1, 0.15) is 0 Å². The van der Waals surface area contributed by atoms with Crippen LogP contribution >= 0.6 is 23.2 Å². The number of carbonyl (C=O) groups excluding carboxylic acids is 1. The number of rotatable bonds is 7. The van der Waals surface area contributed by atoms with Crippen molar-refractivity contribution >= 4 is 46.8 Å². The van der Waals surface area contributed by atoms with Crippen LogP contribution < -0.4 is 9.47 Å². The van der Waals surface area contributed by atoms with Crippen molar-refractivity contribution < 1.29 is 23.9 Å². The molecular weight excluding hydrogens is 435 g/mol. The number of aliphatic imine (C=N–C) groups is 1. The molecule has 0 saturated heterocycles. The number of hydrogen-bond donors (Lipinski definition) is 0. The molecule has 0 N–H and O–H groups in total. The first kappa shape index (κ1) is 21.6. The molecule has 0 fully saturated rings. The highest BCUT2D eigenvalue weighted by molar-refractivity contribution is 6.34. The van der Waals surface area contributed by atoms with Crippen LogP contribution in [0.5, 0.6) is 11.5 Å². The van der Waals surface area contributed by atoms with Crippen LogP contribution in [0.2, 0.25) is 10.0 Å². The Bertz CT molecular complexity index is 1080. The molecule has 0 atom stereocenters. The third-order valence-electron chi connectivity index (χ3n) is 3.94. The van der Waals surface area contributed by atoms with Crippen molar-refractivity contribution in [2.75, 3.05) is 13.2 Å². The van der Waals surface area contributed by atoms with E-state index in [4.69, 9.17) is 37.4 Å². The summed E-state index contributed by atoms with van der Waals surface area (Å²) in [5.41, 5.74) is 0.455. The van der Waals surface area contributed by atoms with E-state index in [0.717, 1.165) is 0 Å². The molecule has 1 aliphatic heterocycles. The first-order valence-corrected chi connectivity index (χ1v) is 9.65. The number of nitrogens with zero attached hydrogens (tertiary/aromatic N) is 2. The maximum Gasteiger partial charge on any atom is 0.363 e. The van der Waals surface area contributed by atoms with Crippen molar-refractivity contribution in [2.45, 2.75) is 13.8 Å². The Morgan fingerprint density at radius 3 is 2.53 bits per heavy atom. The largest absolute Gasteiger partial charge is 0.490 e. The lowest BCUT2D eigenvalue weighted by Gasteiger charge is -2.13. The van der Waals surface area contributed by atoms with Crippen LogP contribution in [0.4, 0.5) is 5.69 Å². The van der Waals surface area contributed by atoms with Gasteiger partial charge in [0.2, 0.25) is 5.90 Å². The third kappa shape index (κ3) is 4.55. The van der Waals surface area contributed by atoms with E-state index in [0.29, 0.717) is 35.3 Å². The van der Waals surface area contributed by atoms with Gasteiger partial charge in [-0.2, -0.15) is 0 Å². The number of halogens is 2. The van der Waals surface area contributed by atoms with E-state index in [-0.39, 0.29) is 27.9 Å². The Balaban J connectivity index is 2.01. The van der Waals surface area contributed by atoms with E-state index in [1.165, 1.54) is 24.3 Å². The highest BCUT2D eigenvalue weighted by Gasteiger charge is 2.27. The molecule has 10 heteroatoms. The molecule has 0 spiro atoms. The number of esters is 1. The second kappa shape index (κ2) is 9.15. The van der Waals surface area contributed by atoms with Crippen LogP contribution in [0.15, 0.2) is 41.0 Å². The van der Waals surface area contributed by atoms with E-state index in [1.807, 2.05) is 13.8 Å². The SMILES string of the molecule is CCOc1cc(/C=C2\N=C(c3cc([N+](=O)[O-])ccc3Cl)OC2=O)cc(Cl)c1OCC. The molecular formula is C20H16Cl2N2O6. The fraction of sp³-hybridized carbons (Fsp3) is 0.200. The Kier molecular flexibility index (Phi) is 6.59. The summed E-state index contributed by atoms with van der Waals surface area (Å²) < 4.78 is 16.3. The van der Waals surface area contributed by atoms with Crippen molar-refractivity contribution in [1.82, 2.24) is 0 Å². The molecule has 1 heterocycles. The molecule has 0 bridgehead atoms. The Morgan fingerprint density at radius 2 is 1.87 bits per heavy atom. The van der Waals surface area contributed by atoms with E-state index >= 15 is 0 Å². The highest BCUT2D eigenvalue weighted by atomic mass is 35.5. The van der Waals surface area contributed by atoms with Crippen molar-refractivity contribution in [2.24, 2.45) is 4.99 Å². The highest BCUT2D eigenvalue weighted by Crippen LogP contribution is 2.37. The van der Waals surface area contributed by atoms with E-state index in [2.05, 4.69) is 4.99 Å². The molecule has 8 nitrogen and oxygen atoms in total. The quantitative estimate of drug-likeness (QED) is 0.253. The van der Waals surface area contributed by atoms with Gasteiger partial charge in [0, 0.05) is 12.1 Å². The molecule has 3 rings (SSSR count). The first-order chi connectivity index (χ1) is 14.3. The summed E-state index contributed by atoms with van der Waals surface area (Å²) in [7, 11) is 0. The summed E-state index contributed by atoms with van der Waals surface area (Å²) in [4.78, 5) is 26.9. The average molecular weight is 451 g/mol. The van der Waals surface area contributed by atoms with Gasteiger partial charge in [0.05, 0.1) is 33.7 Å². The minimum Gasteiger partial charge on any atom is -0.490 e. The normalized spacial score (nSPS) is 14.5. The van der Waals surface area contributed by atoms with Gasteiger partial charge in [-0.05, 0) is 43.7 Å². The van der Waals surface area contributed by atoms with Gasteiger partial charge in [-0.25, -0.2) is 9.79 Å². The number of carbonyl (C=O) groups is 1. The van der Waals surface area contributed by atoms with Crippen LogP contribution in [-0.4, -0.2) is 30.0 Å². The number of ether oxygens (including phenoxy) is 3. The van der Waals surface area contributed by atoms with Crippen LogP contribution in [0.25, 0.3) is 6.08 Å². The smallest absolute Gasteiger partial charge is 0.363 e. The number of nitro benzene ring substituents is 1. The molecule has 0 radical (unpaired) electrons. The molecule has 0 unspecified atom stereocenters. The van der Waals surface area contributed by atoms with Gasteiger partial charge in [-0.15, -0.1) is 0 Å². The minimum absolute atomic E-state index is 0.0183. The van der Waals surface area contributed by atoms with Gasteiger partial charge in [0.15, 0.2) is 17.2 Å². The van der Waals surface area contributed by atoms with E-state index in [9.17, 15) is 14.9 Å². The average Bonchev–Trinajstić information content (AvgIpc) is 3.05. The lowest BCUT2D eigenvalue weighted by molar-refractivity contribution is -0.384. The lowest BCUT2D eigenvalue weighted by Crippen LogP contribution is -2.06. The van der Waals surface area contributed by atoms with Gasteiger partial charge in [-0.1, -0.05) is 23.2 Å². The summed E-state index contributed by atoms with van der Waals surface area (Å²) in [6.45, 7) is 4.45. The maximum atomic E-state index is 12.3. The second-order valence-electron chi connectivity index (χ2n) is 5.95. The topological polar surface area (TPSA) is 100 Å². The van der Waals surface area contributed by atoms with Gasteiger partial charge in [-0.3, -0.25) is 10.1 Å². The number of nitro groups is 1. The molecule has 30 heavy (non-hydrogen) atoms. The predicted octanol–water partition coefficient (Wildman–Crippen LogP) is 5.04. The molecule has 1 aliphatic rings. The summed E-state index contributed by atoms with van der Waals surface area (Å²) in [6.07, 6.45) is 1.46. The van der Waals surface area contributed by atoms with Gasteiger partial charge >= 0.3 is 5.97 Å². The van der Waals surface area contributed by atoms with Crippen molar-refractivity contribution in [3.8, 4) is 11.5 Å². The fourth-order valence-electron chi connectivity index (χ4n) is 2.69. The van der Waals surface area contributed by atoms with Crippen LogP contribution in [-0.2, 0) is 9.53 Å². The molecule has 2 aromatic rings. The first-order valence-electron chi connectivity index (χ1n) is 8.90. The number of non-ortho nitro benzene ring substituents is 1. The lowest BCUT2D eigenvalue weighted by atomic mass is 10.1. The molecule has 0 aliphatic carbocycles. The van der Waals surface area contributed by atoms with Crippen molar-refractivity contribution in [3.63, 3.8) is 0 Å². The number of benzene rings is 2. The minimum atomic E-state index is -0.726. The zero-order valence-electron chi connectivity index (χ0n) is 16.0. The second-order valence-corrected chi connectivity index (χ2v) is 6.77. The maximum absolute atomic E-state index is 12.3. The van der Waals surface area contributed by atoms with E-state index in [1.54, 1.807) is 12.1 Å². The fourth-order valence-corrected chi connectivity index (χ4v) is 3.16. The van der Waals surface area contributed by atoms with Crippen LogP contribution in [0, 0.1) is 10.1 Å². The number of cyclic esters (lactones) is 1. The molecule has 156 valence electrons. The van der Waals surface area contributed by atoms with Crippen molar-refractivity contribution in [1.29, 1.82) is 0 Å². The third-order valence-corrected chi connectivity index (χ3v) is 4.55. The zero-order valence-corrected chi connectivity index (χ0v) is 17.5. The Hall–Kier alpha value is -3.10. The van der Waals surface area contributed by atoms with Crippen LogP contribution in [0.1, 0.15) is 25.0 Å². The monoisotopic (exact) mass is 450 g/mol. The van der Waals surface area contributed by atoms with E-state index < -0.39 is 10.9 Å².